The first-order valence-electron chi connectivity index (χ1n) is 11.3. The van der Waals surface area contributed by atoms with Crippen LogP contribution in [0.5, 0.6) is 0 Å². The number of carbonyl (C=O) groups excluding carboxylic acids is 1. The SMILES string of the molecule is CC(C)c1cc(Nc2nc(N3CCCC3C3CCCN3C=O)nc3c2CCC3)n[nH]1. The number of nitrogens with zero attached hydrogens (tertiary/aromatic N) is 5. The van der Waals surface area contributed by atoms with Crippen LogP contribution in [0.25, 0.3) is 0 Å². The third-order valence-electron chi connectivity index (χ3n) is 6.87. The van der Waals surface area contributed by atoms with E-state index < -0.39 is 0 Å². The van der Waals surface area contributed by atoms with Gasteiger partial charge < -0.3 is 15.1 Å². The number of hydrogen-bond acceptors (Lipinski definition) is 6. The van der Waals surface area contributed by atoms with Gasteiger partial charge in [-0.05, 0) is 50.9 Å². The number of rotatable bonds is 6. The molecule has 1 aliphatic carbocycles. The highest BCUT2D eigenvalue weighted by Crippen LogP contribution is 2.35. The number of nitrogens with one attached hydrogen (secondary N) is 2. The summed E-state index contributed by atoms with van der Waals surface area (Å²) in [7, 11) is 0. The van der Waals surface area contributed by atoms with Crippen LogP contribution in [0.3, 0.4) is 0 Å². The molecule has 0 aromatic carbocycles. The molecule has 1 amide bonds. The number of aryl methyl sites for hydroxylation is 1. The fourth-order valence-corrected chi connectivity index (χ4v) is 5.27. The lowest BCUT2D eigenvalue weighted by molar-refractivity contribution is -0.119. The van der Waals surface area contributed by atoms with Gasteiger partial charge in [0.05, 0.1) is 17.8 Å². The number of carbonyl (C=O) groups is 1. The number of aromatic amines is 1. The van der Waals surface area contributed by atoms with Gasteiger partial charge in [0, 0.05) is 30.4 Å². The first-order chi connectivity index (χ1) is 14.6. The highest BCUT2D eigenvalue weighted by Gasteiger charge is 2.39. The van der Waals surface area contributed by atoms with Crippen LogP contribution < -0.4 is 10.2 Å². The van der Waals surface area contributed by atoms with Gasteiger partial charge in [-0.25, -0.2) is 4.98 Å². The molecule has 4 heterocycles. The molecule has 0 bridgehead atoms. The zero-order valence-corrected chi connectivity index (χ0v) is 17.9. The summed E-state index contributed by atoms with van der Waals surface area (Å²) in [5, 5.41) is 11.0. The average molecular weight is 410 g/mol. The summed E-state index contributed by atoms with van der Waals surface area (Å²) >= 11 is 0. The Morgan fingerprint density at radius 2 is 1.97 bits per heavy atom. The van der Waals surface area contributed by atoms with Crippen LogP contribution in [0.15, 0.2) is 6.07 Å². The molecule has 0 saturated carbocycles. The molecule has 5 rings (SSSR count). The van der Waals surface area contributed by atoms with Gasteiger partial charge >= 0.3 is 0 Å². The molecule has 0 radical (unpaired) electrons. The number of H-pyrrole nitrogens is 1. The lowest BCUT2D eigenvalue weighted by Crippen LogP contribution is -2.46. The third kappa shape index (κ3) is 3.42. The average Bonchev–Trinajstić information content (AvgIpc) is 3.53. The van der Waals surface area contributed by atoms with Crippen molar-refractivity contribution in [2.24, 2.45) is 0 Å². The molecular formula is C22H31N7O. The first-order valence-corrected chi connectivity index (χ1v) is 11.3. The van der Waals surface area contributed by atoms with Crippen molar-refractivity contribution in [2.75, 3.05) is 23.3 Å². The molecule has 2 aromatic rings. The minimum absolute atomic E-state index is 0.276. The Bertz CT molecular complexity index is 924. The maximum atomic E-state index is 11.5. The monoisotopic (exact) mass is 409 g/mol. The number of hydrogen-bond donors (Lipinski definition) is 2. The van der Waals surface area contributed by atoms with Gasteiger partial charge in [0.2, 0.25) is 12.4 Å². The van der Waals surface area contributed by atoms with E-state index in [1.54, 1.807) is 0 Å². The fourth-order valence-electron chi connectivity index (χ4n) is 5.27. The molecule has 2 aromatic heterocycles. The van der Waals surface area contributed by atoms with Gasteiger partial charge in [-0.15, -0.1) is 0 Å². The van der Waals surface area contributed by atoms with E-state index >= 15 is 0 Å². The molecule has 30 heavy (non-hydrogen) atoms. The van der Waals surface area contributed by atoms with Gasteiger partial charge in [0.25, 0.3) is 0 Å². The van der Waals surface area contributed by atoms with Gasteiger partial charge in [0.1, 0.15) is 5.82 Å². The third-order valence-corrected chi connectivity index (χ3v) is 6.87. The van der Waals surface area contributed by atoms with E-state index in [-0.39, 0.29) is 6.04 Å². The number of anilines is 3. The van der Waals surface area contributed by atoms with Gasteiger partial charge in [0.15, 0.2) is 5.82 Å². The van der Waals surface area contributed by atoms with Crippen molar-refractivity contribution in [3.05, 3.63) is 23.0 Å². The molecule has 2 unspecified atom stereocenters. The summed E-state index contributed by atoms with van der Waals surface area (Å²) in [6.07, 6.45) is 8.51. The number of fused-ring (bicyclic) bond motifs is 1. The standard InChI is InChI=1S/C22H31N7O/c1-14(2)17-12-20(27-26-17)24-21-15-6-3-7-16(15)23-22(25-21)29-11-5-9-19(29)18-8-4-10-28(18)13-30/h12-14,18-19H,3-11H2,1-2H3,(H2,23,24,25,26,27). The highest BCUT2D eigenvalue weighted by atomic mass is 16.1. The molecular weight excluding hydrogens is 378 g/mol. The Labute approximate surface area is 177 Å². The normalized spacial score (nSPS) is 23.4. The van der Waals surface area contributed by atoms with Crippen LogP contribution in [-0.4, -0.2) is 56.6 Å². The Kier molecular flexibility index (Phi) is 5.08. The zero-order chi connectivity index (χ0) is 20.7. The molecule has 2 aliphatic heterocycles. The van der Waals surface area contributed by atoms with E-state index in [1.165, 1.54) is 5.56 Å². The largest absolute Gasteiger partial charge is 0.340 e. The van der Waals surface area contributed by atoms with E-state index in [0.717, 1.165) is 93.4 Å². The zero-order valence-electron chi connectivity index (χ0n) is 17.9. The lowest BCUT2D eigenvalue weighted by Gasteiger charge is -2.33. The van der Waals surface area contributed by atoms with Crippen molar-refractivity contribution in [1.29, 1.82) is 0 Å². The Morgan fingerprint density at radius 1 is 1.13 bits per heavy atom. The quantitative estimate of drug-likeness (QED) is 0.713. The van der Waals surface area contributed by atoms with E-state index in [2.05, 4.69) is 40.3 Å². The summed E-state index contributed by atoms with van der Waals surface area (Å²) in [4.78, 5) is 25.8. The van der Waals surface area contributed by atoms with Crippen molar-refractivity contribution >= 4 is 24.0 Å². The Balaban J connectivity index is 1.45. The van der Waals surface area contributed by atoms with E-state index in [1.807, 2.05) is 4.90 Å². The van der Waals surface area contributed by atoms with Crippen molar-refractivity contribution < 1.29 is 4.79 Å². The molecule has 0 spiro atoms. The smallest absolute Gasteiger partial charge is 0.227 e. The fraction of sp³-hybridized carbons (Fsp3) is 0.636. The molecule has 8 nitrogen and oxygen atoms in total. The number of amides is 1. The molecule has 3 aliphatic rings. The summed E-state index contributed by atoms with van der Waals surface area (Å²) < 4.78 is 0. The number of likely N-dealkylation sites (tertiary alicyclic amines) is 1. The Hall–Kier alpha value is -2.64. The Morgan fingerprint density at radius 3 is 2.77 bits per heavy atom. The van der Waals surface area contributed by atoms with Crippen molar-refractivity contribution in [1.82, 2.24) is 25.1 Å². The van der Waals surface area contributed by atoms with Crippen LogP contribution >= 0.6 is 0 Å². The van der Waals surface area contributed by atoms with Crippen LogP contribution in [0.1, 0.15) is 68.8 Å². The minimum Gasteiger partial charge on any atom is -0.340 e. The predicted molar refractivity (Wildman–Crippen MR) is 116 cm³/mol. The van der Waals surface area contributed by atoms with Crippen molar-refractivity contribution in [3.8, 4) is 0 Å². The lowest BCUT2D eigenvalue weighted by atomic mass is 10.0. The molecule has 160 valence electrons. The second-order valence-electron chi connectivity index (χ2n) is 9.10. The van der Waals surface area contributed by atoms with Crippen LogP contribution in [0, 0.1) is 0 Å². The van der Waals surface area contributed by atoms with Crippen LogP contribution in [0.4, 0.5) is 17.6 Å². The highest BCUT2D eigenvalue weighted by molar-refractivity contribution is 5.61. The van der Waals surface area contributed by atoms with E-state index in [9.17, 15) is 4.79 Å². The maximum Gasteiger partial charge on any atom is 0.227 e. The topological polar surface area (TPSA) is 90.0 Å². The molecule has 2 fully saturated rings. The predicted octanol–water partition coefficient (Wildman–Crippen LogP) is 3.15. The van der Waals surface area contributed by atoms with Gasteiger partial charge in [-0.3, -0.25) is 9.89 Å². The first kappa shape index (κ1) is 19.3. The molecule has 2 saturated heterocycles. The molecule has 8 heteroatoms. The molecule has 2 atom stereocenters. The van der Waals surface area contributed by atoms with Gasteiger partial charge in [-0.1, -0.05) is 13.8 Å². The van der Waals surface area contributed by atoms with E-state index in [4.69, 9.17) is 9.97 Å². The summed E-state index contributed by atoms with van der Waals surface area (Å²) in [6.45, 7) is 6.12. The summed E-state index contributed by atoms with van der Waals surface area (Å²) in [6, 6.07) is 2.65. The summed E-state index contributed by atoms with van der Waals surface area (Å²) in [5.41, 5.74) is 3.49. The second kappa shape index (κ2) is 7.89. The van der Waals surface area contributed by atoms with E-state index in [0.29, 0.717) is 12.0 Å². The summed E-state index contributed by atoms with van der Waals surface area (Å²) in [5.74, 6) is 2.90. The second-order valence-corrected chi connectivity index (χ2v) is 9.10. The maximum absolute atomic E-state index is 11.5. The van der Waals surface area contributed by atoms with Crippen LogP contribution in [0.2, 0.25) is 0 Å². The van der Waals surface area contributed by atoms with Crippen molar-refractivity contribution in [2.45, 2.75) is 76.8 Å². The minimum atomic E-state index is 0.276. The number of aromatic nitrogens is 4. The molecule has 2 N–H and O–H groups in total. The van der Waals surface area contributed by atoms with Gasteiger partial charge in [-0.2, -0.15) is 10.1 Å². The van der Waals surface area contributed by atoms with Crippen molar-refractivity contribution in [3.63, 3.8) is 0 Å². The van der Waals surface area contributed by atoms with Crippen LogP contribution in [-0.2, 0) is 17.6 Å².